The summed E-state index contributed by atoms with van der Waals surface area (Å²) in [6, 6.07) is 2.93. The molecule has 1 aromatic rings. The maximum Gasteiger partial charge on any atom is 0.241 e. The molecule has 1 aromatic carbocycles. The number of rotatable bonds is 7. The molecule has 114 valence electrons. The topological polar surface area (TPSA) is 67.4 Å². The predicted molar refractivity (Wildman–Crippen MR) is 80.6 cm³/mol. The fraction of sp³-hybridized carbons (Fsp3) is 0.538. The molecule has 0 aliphatic rings. The molecule has 1 rings (SSSR count). The molecule has 1 unspecified atom stereocenters. The summed E-state index contributed by atoms with van der Waals surface area (Å²) in [7, 11) is -0.291. The van der Waals surface area contributed by atoms with Gasteiger partial charge in [-0.15, -0.1) is 0 Å². The highest BCUT2D eigenvalue weighted by Crippen LogP contribution is 2.24. The fourth-order valence-electron chi connectivity index (χ4n) is 1.97. The smallest absolute Gasteiger partial charge is 0.241 e. The Morgan fingerprint density at radius 2 is 2.05 bits per heavy atom. The highest BCUT2D eigenvalue weighted by atomic mass is 35.5. The second-order valence-electron chi connectivity index (χ2n) is 4.70. The van der Waals surface area contributed by atoms with E-state index >= 15 is 0 Å². The molecule has 7 heteroatoms. The predicted octanol–water partition coefficient (Wildman–Crippen LogP) is 1.68. The molecular weight excluding hydrogens is 300 g/mol. The number of ether oxygens (including phenoxy) is 1. The molecule has 0 aliphatic heterocycles. The largest absolute Gasteiger partial charge is 0.383 e. The van der Waals surface area contributed by atoms with Gasteiger partial charge in [-0.3, -0.25) is 0 Å². The van der Waals surface area contributed by atoms with Gasteiger partial charge in [0.25, 0.3) is 0 Å². The van der Waals surface area contributed by atoms with Crippen LogP contribution in [-0.2, 0) is 21.3 Å². The number of sulfonamides is 1. The zero-order valence-electron chi connectivity index (χ0n) is 12.2. The molecule has 0 bridgehead atoms. The zero-order valence-corrected chi connectivity index (χ0v) is 13.7. The van der Waals surface area contributed by atoms with Gasteiger partial charge in [-0.25, -0.2) is 13.1 Å². The average molecular weight is 321 g/mol. The first-order valence-electron chi connectivity index (χ1n) is 6.26. The van der Waals surface area contributed by atoms with Crippen LogP contribution >= 0.6 is 11.6 Å². The van der Waals surface area contributed by atoms with Gasteiger partial charge in [0.2, 0.25) is 10.0 Å². The van der Waals surface area contributed by atoms with Crippen molar-refractivity contribution in [2.45, 2.75) is 31.3 Å². The summed E-state index contributed by atoms with van der Waals surface area (Å²) in [5.74, 6) is 0. The van der Waals surface area contributed by atoms with Gasteiger partial charge in [0.05, 0.1) is 11.5 Å². The van der Waals surface area contributed by atoms with Crippen molar-refractivity contribution in [3.63, 3.8) is 0 Å². The first-order chi connectivity index (χ1) is 9.31. The van der Waals surface area contributed by atoms with Gasteiger partial charge in [0.15, 0.2) is 0 Å². The van der Waals surface area contributed by atoms with Crippen molar-refractivity contribution < 1.29 is 13.2 Å². The van der Waals surface area contributed by atoms with E-state index in [1.54, 1.807) is 27.0 Å². The van der Waals surface area contributed by atoms with Crippen molar-refractivity contribution in [1.29, 1.82) is 0 Å². The van der Waals surface area contributed by atoms with E-state index in [4.69, 9.17) is 16.3 Å². The Kier molecular flexibility index (Phi) is 6.42. The van der Waals surface area contributed by atoms with Crippen LogP contribution < -0.4 is 10.0 Å². The Labute approximate surface area is 125 Å². The molecular formula is C13H21ClN2O3S. The van der Waals surface area contributed by atoms with Crippen LogP contribution in [0.5, 0.6) is 0 Å². The number of methoxy groups -OCH3 is 1. The van der Waals surface area contributed by atoms with Crippen LogP contribution in [0.2, 0.25) is 5.02 Å². The summed E-state index contributed by atoms with van der Waals surface area (Å²) in [4.78, 5) is 0.207. The molecule has 0 radical (unpaired) electrons. The van der Waals surface area contributed by atoms with Crippen LogP contribution in [0.3, 0.4) is 0 Å². The van der Waals surface area contributed by atoms with E-state index < -0.39 is 10.0 Å². The minimum Gasteiger partial charge on any atom is -0.383 e. The Balaban J connectivity index is 3.17. The molecule has 0 fully saturated rings. The Hall–Kier alpha value is -0.660. The summed E-state index contributed by atoms with van der Waals surface area (Å²) < 4.78 is 32.3. The lowest BCUT2D eigenvalue weighted by molar-refractivity contribution is 0.180. The van der Waals surface area contributed by atoms with Crippen LogP contribution in [0.1, 0.15) is 18.1 Å². The third-order valence-electron chi connectivity index (χ3n) is 2.86. The van der Waals surface area contributed by atoms with E-state index in [0.717, 1.165) is 5.56 Å². The van der Waals surface area contributed by atoms with Gasteiger partial charge < -0.3 is 10.1 Å². The van der Waals surface area contributed by atoms with E-state index in [1.165, 1.54) is 13.2 Å². The standard InChI is InChI=1S/C13H21ClN2O3S/c1-9(8-19-4)16-20(17,18)13-6-12(14)5-11(7-15-3)10(13)2/h5-6,9,15-16H,7-8H2,1-4H3. The molecule has 20 heavy (non-hydrogen) atoms. The monoisotopic (exact) mass is 320 g/mol. The molecule has 1 atom stereocenters. The normalized spacial score (nSPS) is 13.4. The maximum absolute atomic E-state index is 12.4. The molecule has 0 saturated carbocycles. The minimum absolute atomic E-state index is 0.207. The second-order valence-corrected chi connectivity index (χ2v) is 6.81. The average Bonchev–Trinajstić information content (AvgIpc) is 2.33. The highest BCUT2D eigenvalue weighted by Gasteiger charge is 2.21. The van der Waals surface area contributed by atoms with E-state index in [1.807, 2.05) is 0 Å². The number of hydrogen-bond acceptors (Lipinski definition) is 4. The van der Waals surface area contributed by atoms with E-state index in [2.05, 4.69) is 10.0 Å². The molecule has 0 heterocycles. The van der Waals surface area contributed by atoms with Gasteiger partial charge in [-0.05, 0) is 44.2 Å². The first kappa shape index (κ1) is 17.4. The Morgan fingerprint density at radius 3 is 2.60 bits per heavy atom. The van der Waals surface area contributed by atoms with Crippen molar-refractivity contribution in [3.8, 4) is 0 Å². The summed E-state index contributed by atoms with van der Waals surface area (Å²) in [6.07, 6.45) is 0. The van der Waals surface area contributed by atoms with E-state index in [0.29, 0.717) is 23.7 Å². The first-order valence-corrected chi connectivity index (χ1v) is 8.12. The third-order valence-corrected chi connectivity index (χ3v) is 4.80. The molecule has 0 aromatic heterocycles. The van der Waals surface area contributed by atoms with Gasteiger partial charge in [-0.1, -0.05) is 11.6 Å². The molecule has 0 amide bonds. The molecule has 5 nitrogen and oxygen atoms in total. The highest BCUT2D eigenvalue weighted by molar-refractivity contribution is 7.89. The fourth-order valence-corrected chi connectivity index (χ4v) is 3.82. The van der Waals surface area contributed by atoms with Gasteiger partial charge >= 0.3 is 0 Å². The minimum atomic E-state index is -3.62. The van der Waals surface area contributed by atoms with E-state index in [9.17, 15) is 8.42 Å². The molecule has 0 spiro atoms. The lowest BCUT2D eigenvalue weighted by Crippen LogP contribution is -2.36. The Morgan fingerprint density at radius 1 is 1.40 bits per heavy atom. The van der Waals surface area contributed by atoms with Gasteiger partial charge in [0.1, 0.15) is 0 Å². The number of halogens is 1. The summed E-state index contributed by atoms with van der Waals surface area (Å²) >= 11 is 6.02. The van der Waals surface area contributed by atoms with Crippen LogP contribution in [0.25, 0.3) is 0 Å². The van der Waals surface area contributed by atoms with Crippen molar-refractivity contribution in [3.05, 3.63) is 28.3 Å². The van der Waals surface area contributed by atoms with Gasteiger partial charge in [-0.2, -0.15) is 0 Å². The van der Waals surface area contributed by atoms with Crippen LogP contribution in [0.4, 0.5) is 0 Å². The van der Waals surface area contributed by atoms with Crippen molar-refractivity contribution in [2.24, 2.45) is 0 Å². The Bertz CT molecular complexity index is 561. The van der Waals surface area contributed by atoms with Crippen LogP contribution in [0.15, 0.2) is 17.0 Å². The molecule has 0 saturated heterocycles. The van der Waals surface area contributed by atoms with Gasteiger partial charge in [0, 0.05) is 24.7 Å². The van der Waals surface area contributed by atoms with Crippen LogP contribution in [0, 0.1) is 6.92 Å². The maximum atomic E-state index is 12.4. The SMILES string of the molecule is CNCc1cc(Cl)cc(S(=O)(=O)NC(C)COC)c1C. The molecule has 2 N–H and O–H groups in total. The van der Waals surface area contributed by atoms with E-state index in [-0.39, 0.29) is 10.9 Å². The second kappa shape index (κ2) is 7.38. The summed E-state index contributed by atoms with van der Waals surface area (Å²) in [5.41, 5.74) is 1.56. The molecule has 0 aliphatic carbocycles. The van der Waals surface area contributed by atoms with Crippen molar-refractivity contribution in [1.82, 2.24) is 10.0 Å². The lowest BCUT2D eigenvalue weighted by Gasteiger charge is -2.17. The van der Waals surface area contributed by atoms with Crippen LogP contribution in [-0.4, -0.2) is 35.2 Å². The lowest BCUT2D eigenvalue weighted by atomic mass is 10.1. The number of benzene rings is 1. The number of hydrogen-bond donors (Lipinski definition) is 2. The third kappa shape index (κ3) is 4.43. The van der Waals surface area contributed by atoms with Crippen molar-refractivity contribution in [2.75, 3.05) is 20.8 Å². The van der Waals surface area contributed by atoms with Crippen molar-refractivity contribution >= 4 is 21.6 Å². The summed E-state index contributed by atoms with van der Waals surface area (Å²) in [6.45, 7) is 4.39. The number of nitrogens with one attached hydrogen (secondary N) is 2. The summed E-state index contributed by atoms with van der Waals surface area (Å²) in [5, 5.41) is 3.40. The zero-order chi connectivity index (χ0) is 15.3. The quantitative estimate of drug-likeness (QED) is 0.802.